The number of thiazole rings is 1. The molecule has 0 saturated carbocycles. The van der Waals surface area contributed by atoms with E-state index in [0.29, 0.717) is 0 Å². The Morgan fingerprint density at radius 1 is 1.19 bits per heavy atom. The fraction of sp³-hybridized carbons (Fsp3) is 0.227. The van der Waals surface area contributed by atoms with Crippen LogP contribution in [-0.4, -0.2) is 21.4 Å². The highest BCUT2D eigenvalue weighted by Gasteiger charge is 2.33. The van der Waals surface area contributed by atoms with Gasteiger partial charge in [0.05, 0.1) is 11.0 Å². The largest absolute Gasteiger partial charge is 0.357 e. The number of nitrogens with one attached hydrogen (secondary N) is 1. The van der Waals surface area contributed by atoms with Gasteiger partial charge in [-0.15, -0.1) is 11.3 Å². The van der Waals surface area contributed by atoms with Gasteiger partial charge in [-0.25, -0.2) is 9.37 Å². The zero-order valence-electron chi connectivity index (χ0n) is 15.1. The van der Waals surface area contributed by atoms with Gasteiger partial charge in [-0.3, -0.25) is 4.90 Å². The van der Waals surface area contributed by atoms with E-state index in [9.17, 15) is 4.39 Å². The van der Waals surface area contributed by atoms with Gasteiger partial charge in [0.1, 0.15) is 5.82 Å². The maximum atomic E-state index is 14.8. The molecule has 1 atom stereocenters. The molecule has 0 aliphatic carbocycles. The Morgan fingerprint density at radius 3 is 2.81 bits per heavy atom. The lowest BCUT2D eigenvalue weighted by molar-refractivity contribution is 0.200. The summed E-state index contributed by atoms with van der Waals surface area (Å²) < 4.78 is 14.8. The third-order valence-corrected chi connectivity index (χ3v) is 6.26. The van der Waals surface area contributed by atoms with Crippen LogP contribution < -0.4 is 0 Å². The standard InChI is InChI=1S/C22H20FN3S/c1-14-24-12-15(27-14)13-26-11-10-17-16-6-3-5-9-20(16)25-21(17)22(26)18-7-2-4-8-19(18)23/h2-9,12,22,25H,10-11,13H2,1H3/t22-/m0/s1. The van der Waals surface area contributed by atoms with Gasteiger partial charge in [0.2, 0.25) is 0 Å². The fourth-order valence-electron chi connectivity index (χ4n) is 4.19. The highest BCUT2D eigenvalue weighted by molar-refractivity contribution is 7.11. The number of rotatable bonds is 3. The minimum absolute atomic E-state index is 0.121. The number of aromatic amines is 1. The minimum Gasteiger partial charge on any atom is -0.357 e. The number of halogens is 1. The van der Waals surface area contributed by atoms with E-state index < -0.39 is 0 Å². The molecule has 5 heteroatoms. The number of aryl methyl sites for hydroxylation is 1. The Morgan fingerprint density at radius 2 is 2.00 bits per heavy atom. The molecule has 0 spiro atoms. The second-order valence-corrected chi connectivity index (χ2v) is 8.37. The van der Waals surface area contributed by atoms with Gasteiger partial charge in [0.25, 0.3) is 0 Å². The fourth-order valence-corrected chi connectivity index (χ4v) is 5.01. The summed E-state index contributed by atoms with van der Waals surface area (Å²) in [7, 11) is 0. The molecule has 0 saturated heterocycles. The molecule has 0 bridgehead atoms. The number of aromatic nitrogens is 2. The molecule has 27 heavy (non-hydrogen) atoms. The molecule has 2 aromatic carbocycles. The van der Waals surface area contributed by atoms with Crippen LogP contribution in [0.15, 0.2) is 54.7 Å². The van der Waals surface area contributed by atoms with Gasteiger partial charge in [-0.2, -0.15) is 0 Å². The van der Waals surface area contributed by atoms with E-state index >= 15 is 0 Å². The summed E-state index contributed by atoms with van der Waals surface area (Å²) >= 11 is 1.71. The summed E-state index contributed by atoms with van der Waals surface area (Å²) in [5.41, 5.74) is 4.29. The predicted octanol–water partition coefficient (Wildman–Crippen LogP) is 5.22. The van der Waals surface area contributed by atoms with E-state index in [0.717, 1.165) is 41.3 Å². The molecule has 3 heterocycles. The first-order chi connectivity index (χ1) is 13.2. The van der Waals surface area contributed by atoms with Gasteiger partial charge in [0.15, 0.2) is 0 Å². The average Bonchev–Trinajstić information content (AvgIpc) is 3.25. The zero-order chi connectivity index (χ0) is 18.4. The molecule has 0 amide bonds. The number of nitrogens with zero attached hydrogens (tertiary/aromatic N) is 2. The highest BCUT2D eigenvalue weighted by atomic mass is 32.1. The molecule has 0 radical (unpaired) electrons. The van der Waals surface area contributed by atoms with E-state index in [1.807, 2.05) is 31.3 Å². The Labute approximate surface area is 161 Å². The number of hydrogen-bond acceptors (Lipinski definition) is 3. The van der Waals surface area contributed by atoms with Gasteiger partial charge >= 0.3 is 0 Å². The van der Waals surface area contributed by atoms with Crippen LogP contribution in [0.25, 0.3) is 10.9 Å². The lowest BCUT2D eigenvalue weighted by atomic mass is 9.92. The summed E-state index contributed by atoms with van der Waals surface area (Å²) in [6.45, 7) is 3.69. The molecule has 3 nitrogen and oxygen atoms in total. The Hall–Kier alpha value is -2.50. The first-order valence-corrected chi connectivity index (χ1v) is 10.0. The van der Waals surface area contributed by atoms with Crippen molar-refractivity contribution in [3.8, 4) is 0 Å². The van der Waals surface area contributed by atoms with Gasteiger partial charge in [0, 0.05) is 46.3 Å². The molecule has 1 N–H and O–H groups in total. The molecule has 5 rings (SSSR count). The summed E-state index contributed by atoms with van der Waals surface area (Å²) in [5, 5.41) is 2.32. The van der Waals surface area contributed by atoms with E-state index in [1.165, 1.54) is 15.8 Å². The SMILES string of the molecule is Cc1ncc(CN2CCc3c([nH]c4ccccc34)[C@@H]2c2ccccc2F)s1. The number of H-pyrrole nitrogens is 1. The van der Waals surface area contributed by atoms with Crippen molar-refractivity contribution in [1.29, 1.82) is 0 Å². The number of benzene rings is 2. The molecule has 0 unspecified atom stereocenters. The maximum Gasteiger partial charge on any atom is 0.128 e. The number of fused-ring (bicyclic) bond motifs is 3. The molecule has 2 aromatic heterocycles. The summed E-state index contributed by atoms with van der Waals surface area (Å²) in [4.78, 5) is 11.6. The molecule has 4 aromatic rings. The monoisotopic (exact) mass is 377 g/mol. The van der Waals surface area contributed by atoms with Crippen molar-refractivity contribution in [3.63, 3.8) is 0 Å². The number of hydrogen-bond donors (Lipinski definition) is 1. The molecule has 1 aliphatic rings. The smallest absolute Gasteiger partial charge is 0.128 e. The summed E-state index contributed by atoms with van der Waals surface area (Å²) in [6.07, 6.45) is 2.90. The van der Waals surface area contributed by atoms with Crippen molar-refractivity contribution >= 4 is 22.2 Å². The molecular formula is C22H20FN3S. The van der Waals surface area contributed by atoms with Crippen molar-refractivity contribution < 1.29 is 4.39 Å². The second-order valence-electron chi connectivity index (χ2n) is 7.05. The van der Waals surface area contributed by atoms with Crippen LogP contribution in [0.3, 0.4) is 0 Å². The van der Waals surface area contributed by atoms with E-state index in [2.05, 4.69) is 33.1 Å². The third kappa shape index (κ3) is 2.87. The Balaban J connectivity index is 1.65. The maximum absolute atomic E-state index is 14.8. The van der Waals surface area contributed by atoms with Gasteiger partial charge in [-0.1, -0.05) is 36.4 Å². The lowest BCUT2D eigenvalue weighted by Crippen LogP contribution is -2.35. The molecule has 136 valence electrons. The third-order valence-electron chi connectivity index (χ3n) is 5.36. The minimum atomic E-state index is -0.153. The first-order valence-electron chi connectivity index (χ1n) is 9.20. The van der Waals surface area contributed by atoms with Crippen molar-refractivity contribution in [2.24, 2.45) is 0 Å². The van der Waals surface area contributed by atoms with Crippen LogP contribution in [-0.2, 0) is 13.0 Å². The molecule has 0 fully saturated rings. The van der Waals surface area contributed by atoms with Crippen LogP contribution in [0.5, 0.6) is 0 Å². The van der Waals surface area contributed by atoms with Crippen molar-refractivity contribution in [1.82, 2.24) is 14.9 Å². The first kappa shape index (κ1) is 16.7. The van der Waals surface area contributed by atoms with Crippen LogP contribution in [0.2, 0.25) is 0 Å². The molecule has 1 aliphatic heterocycles. The van der Waals surface area contributed by atoms with E-state index in [-0.39, 0.29) is 11.9 Å². The highest BCUT2D eigenvalue weighted by Crippen LogP contribution is 2.40. The quantitative estimate of drug-likeness (QED) is 0.531. The van der Waals surface area contributed by atoms with E-state index in [4.69, 9.17) is 0 Å². The average molecular weight is 377 g/mol. The normalized spacial score (nSPS) is 17.3. The summed E-state index contributed by atoms with van der Waals surface area (Å²) in [6, 6.07) is 15.4. The van der Waals surface area contributed by atoms with Gasteiger partial charge in [-0.05, 0) is 31.0 Å². The van der Waals surface area contributed by atoms with Crippen LogP contribution in [0.4, 0.5) is 4.39 Å². The predicted molar refractivity (Wildman–Crippen MR) is 108 cm³/mol. The summed E-state index contributed by atoms with van der Waals surface area (Å²) in [5.74, 6) is -0.153. The second kappa shape index (κ2) is 6.59. The Bertz CT molecular complexity index is 1110. The number of para-hydroxylation sites is 1. The van der Waals surface area contributed by atoms with E-state index in [1.54, 1.807) is 23.5 Å². The van der Waals surface area contributed by atoms with Crippen molar-refractivity contribution in [2.45, 2.75) is 25.9 Å². The molecular weight excluding hydrogens is 357 g/mol. The Kier molecular flexibility index (Phi) is 4.06. The lowest BCUT2D eigenvalue weighted by Gasteiger charge is -2.36. The van der Waals surface area contributed by atoms with Crippen molar-refractivity contribution in [3.05, 3.63) is 87.3 Å². The topological polar surface area (TPSA) is 31.9 Å². The van der Waals surface area contributed by atoms with Crippen LogP contribution >= 0.6 is 11.3 Å². The van der Waals surface area contributed by atoms with Crippen molar-refractivity contribution in [2.75, 3.05) is 6.54 Å². The van der Waals surface area contributed by atoms with Crippen LogP contribution in [0.1, 0.15) is 32.7 Å². The van der Waals surface area contributed by atoms with Gasteiger partial charge < -0.3 is 4.98 Å². The zero-order valence-corrected chi connectivity index (χ0v) is 15.9. The van der Waals surface area contributed by atoms with Crippen LogP contribution in [0, 0.1) is 12.7 Å².